The van der Waals surface area contributed by atoms with Crippen LogP contribution < -0.4 is 5.32 Å². The first-order valence-electron chi connectivity index (χ1n) is 8.56. The molecular formula is C22H21NO3. The van der Waals surface area contributed by atoms with E-state index in [4.69, 9.17) is 4.74 Å². The van der Waals surface area contributed by atoms with Crippen LogP contribution in [0.4, 0.5) is 5.69 Å². The number of amides is 1. The third kappa shape index (κ3) is 4.48. The number of hydrogen-bond donors (Lipinski definition) is 1. The third-order valence-corrected chi connectivity index (χ3v) is 4.16. The number of esters is 1. The zero-order valence-corrected chi connectivity index (χ0v) is 14.9. The van der Waals surface area contributed by atoms with E-state index in [0.717, 1.165) is 21.9 Å². The summed E-state index contributed by atoms with van der Waals surface area (Å²) in [5.74, 6) is -0.771. The molecule has 0 fully saturated rings. The molecule has 0 aliphatic rings. The van der Waals surface area contributed by atoms with E-state index in [1.54, 1.807) is 6.92 Å². The minimum Gasteiger partial charge on any atom is -0.452 e. The van der Waals surface area contributed by atoms with Crippen molar-refractivity contribution in [2.45, 2.75) is 26.4 Å². The van der Waals surface area contributed by atoms with Gasteiger partial charge in [0.25, 0.3) is 5.91 Å². The second kappa shape index (κ2) is 7.83. The van der Waals surface area contributed by atoms with Gasteiger partial charge in [0.1, 0.15) is 0 Å². The number of benzene rings is 3. The van der Waals surface area contributed by atoms with E-state index >= 15 is 0 Å². The van der Waals surface area contributed by atoms with Gasteiger partial charge in [-0.3, -0.25) is 9.59 Å². The number of carbonyl (C=O) groups is 2. The second-order valence-electron chi connectivity index (χ2n) is 6.35. The van der Waals surface area contributed by atoms with E-state index in [0.29, 0.717) is 5.69 Å². The SMILES string of the molecule is Cc1ccc(NC(=O)[C@@H](C)OC(=O)Cc2ccc3ccccc3c2)cc1. The maximum atomic E-state index is 12.2. The molecule has 3 aromatic rings. The van der Waals surface area contributed by atoms with E-state index in [1.165, 1.54) is 0 Å². The maximum Gasteiger partial charge on any atom is 0.311 e. The predicted octanol–water partition coefficient (Wildman–Crippen LogP) is 4.26. The lowest BCUT2D eigenvalue weighted by Gasteiger charge is -2.14. The minimum absolute atomic E-state index is 0.132. The molecule has 0 aliphatic carbocycles. The van der Waals surface area contributed by atoms with Crippen LogP contribution in [0.5, 0.6) is 0 Å². The standard InChI is InChI=1S/C22H21NO3/c1-15-7-11-20(12-8-15)23-22(25)16(2)26-21(24)14-17-9-10-18-5-3-4-6-19(18)13-17/h3-13,16H,14H2,1-2H3,(H,23,25)/t16-/m1/s1. The monoisotopic (exact) mass is 347 g/mol. The molecule has 0 aliphatic heterocycles. The van der Waals surface area contributed by atoms with Gasteiger partial charge in [0.05, 0.1) is 6.42 Å². The molecule has 4 heteroatoms. The van der Waals surface area contributed by atoms with Gasteiger partial charge in [0.2, 0.25) is 0 Å². The number of ether oxygens (including phenoxy) is 1. The van der Waals surface area contributed by atoms with E-state index in [9.17, 15) is 9.59 Å². The van der Waals surface area contributed by atoms with E-state index < -0.39 is 12.1 Å². The Kier molecular flexibility index (Phi) is 5.32. The molecule has 0 saturated heterocycles. The van der Waals surface area contributed by atoms with Crippen LogP contribution in [0.25, 0.3) is 10.8 Å². The van der Waals surface area contributed by atoms with Gasteiger partial charge in [0.15, 0.2) is 6.10 Å². The summed E-state index contributed by atoms with van der Waals surface area (Å²) < 4.78 is 5.27. The summed E-state index contributed by atoms with van der Waals surface area (Å²) in [6.45, 7) is 3.55. The van der Waals surface area contributed by atoms with Crippen LogP contribution in [0.3, 0.4) is 0 Å². The molecule has 1 atom stereocenters. The van der Waals surface area contributed by atoms with Crippen molar-refractivity contribution in [1.29, 1.82) is 0 Å². The molecule has 26 heavy (non-hydrogen) atoms. The number of carbonyl (C=O) groups excluding carboxylic acids is 2. The van der Waals surface area contributed by atoms with Crippen molar-refractivity contribution in [3.8, 4) is 0 Å². The molecule has 0 aromatic heterocycles. The Balaban J connectivity index is 1.57. The number of hydrogen-bond acceptors (Lipinski definition) is 3. The lowest BCUT2D eigenvalue weighted by molar-refractivity contribution is -0.152. The average molecular weight is 347 g/mol. The van der Waals surface area contributed by atoms with Crippen LogP contribution >= 0.6 is 0 Å². The molecule has 0 radical (unpaired) electrons. The third-order valence-electron chi connectivity index (χ3n) is 4.16. The lowest BCUT2D eigenvalue weighted by Crippen LogP contribution is -2.30. The van der Waals surface area contributed by atoms with Crippen LogP contribution in [0.1, 0.15) is 18.1 Å². The van der Waals surface area contributed by atoms with Crippen molar-refractivity contribution < 1.29 is 14.3 Å². The minimum atomic E-state index is -0.857. The highest BCUT2D eigenvalue weighted by molar-refractivity contribution is 5.95. The Hall–Kier alpha value is -3.14. The van der Waals surface area contributed by atoms with E-state index in [1.807, 2.05) is 73.7 Å². The Labute approximate surface area is 152 Å². The second-order valence-corrected chi connectivity index (χ2v) is 6.35. The molecule has 3 aromatic carbocycles. The van der Waals surface area contributed by atoms with Crippen molar-refractivity contribution in [3.05, 3.63) is 77.9 Å². The molecule has 0 unspecified atom stereocenters. The predicted molar refractivity (Wildman–Crippen MR) is 103 cm³/mol. The van der Waals surface area contributed by atoms with Crippen molar-refractivity contribution in [1.82, 2.24) is 0 Å². The number of fused-ring (bicyclic) bond motifs is 1. The fourth-order valence-corrected chi connectivity index (χ4v) is 2.69. The Morgan fingerprint density at radius 3 is 2.38 bits per heavy atom. The van der Waals surface area contributed by atoms with Crippen LogP contribution in [0, 0.1) is 6.92 Å². The first kappa shape index (κ1) is 17.7. The quantitative estimate of drug-likeness (QED) is 0.702. The molecule has 0 bridgehead atoms. The van der Waals surface area contributed by atoms with Gasteiger partial charge in [-0.25, -0.2) is 0 Å². The lowest BCUT2D eigenvalue weighted by atomic mass is 10.1. The van der Waals surface area contributed by atoms with Crippen molar-refractivity contribution in [2.24, 2.45) is 0 Å². The smallest absolute Gasteiger partial charge is 0.311 e. The highest BCUT2D eigenvalue weighted by atomic mass is 16.5. The molecule has 1 N–H and O–H groups in total. The summed E-state index contributed by atoms with van der Waals surface area (Å²) in [6.07, 6.45) is -0.725. The Morgan fingerprint density at radius 1 is 0.962 bits per heavy atom. The van der Waals surface area contributed by atoms with Crippen LogP contribution in [0.15, 0.2) is 66.7 Å². The van der Waals surface area contributed by atoms with Crippen molar-refractivity contribution >= 4 is 28.3 Å². The van der Waals surface area contributed by atoms with Crippen LogP contribution in [-0.2, 0) is 20.7 Å². The van der Waals surface area contributed by atoms with Crippen LogP contribution in [-0.4, -0.2) is 18.0 Å². The van der Waals surface area contributed by atoms with Crippen molar-refractivity contribution in [3.63, 3.8) is 0 Å². The van der Waals surface area contributed by atoms with Gasteiger partial charge in [0, 0.05) is 5.69 Å². The molecule has 1 amide bonds. The van der Waals surface area contributed by atoms with E-state index in [-0.39, 0.29) is 12.3 Å². The molecule has 0 heterocycles. The summed E-state index contributed by atoms with van der Waals surface area (Å²) in [4.78, 5) is 24.3. The number of nitrogens with one attached hydrogen (secondary N) is 1. The summed E-state index contributed by atoms with van der Waals surface area (Å²) in [5.41, 5.74) is 2.65. The summed E-state index contributed by atoms with van der Waals surface area (Å²) in [5, 5.41) is 4.94. The fourth-order valence-electron chi connectivity index (χ4n) is 2.69. The summed E-state index contributed by atoms with van der Waals surface area (Å²) in [7, 11) is 0. The van der Waals surface area contributed by atoms with Gasteiger partial charge in [-0.15, -0.1) is 0 Å². The zero-order chi connectivity index (χ0) is 18.5. The molecule has 132 valence electrons. The molecule has 4 nitrogen and oxygen atoms in total. The average Bonchev–Trinajstić information content (AvgIpc) is 2.63. The van der Waals surface area contributed by atoms with Crippen molar-refractivity contribution in [2.75, 3.05) is 5.32 Å². The summed E-state index contributed by atoms with van der Waals surface area (Å²) in [6, 6.07) is 21.3. The normalized spacial score (nSPS) is 11.8. The first-order valence-corrected chi connectivity index (χ1v) is 8.56. The zero-order valence-electron chi connectivity index (χ0n) is 14.9. The highest BCUT2D eigenvalue weighted by Crippen LogP contribution is 2.16. The topological polar surface area (TPSA) is 55.4 Å². The van der Waals surface area contributed by atoms with Gasteiger partial charge in [-0.1, -0.05) is 60.2 Å². The van der Waals surface area contributed by atoms with Gasteiger partial charge in [-0.05, 0) is 42.3 Å². The number of rotatable bonds is 5. The highest BCUT2D eigenvalue weighted by Gasteiger charge is 2.18. The maximum absolute atomic E-state index is 12.2. The Morgan fingerprint density at radius 2 is 1.65 bits per heavy atom. The van der Waals surface area contributed by atoms with Gasteiger partial charge in [-0.2, -0.15) is 0 Å². The first-order chi connectivity index (χ1) is 12.5. The summed E-state index contributed by atoms with van der Waals surface area (Å²) >= 11 is 0. The van der Waals surface area contributed by atoms with E-state index in [2.05, 4.69) is 5.32 Å². The largest absolute Gasteiger partial charge is 0.452 e. The molecular weight excluding hydrogens is 326 g/mol. The number of aryl methyl sites for hydroxylation is 1. The molecule has 0 spiro atoms. The molecule has 0 saturated carbocycles. The number of anilines is 1. The van der Waals surface area contributed by atoms with Gasteiger partial charge >= 0.3 is 5.97 Å². The molecule has 3 rings (SSSR count). The van der Waals surface area contributed by atoms with Crippen LogP contribution in [0.2, 0.25) is 0 Å². The Bertz CT molecular complexity index is 932. The fraction of sp³-hybridized carbons (Fsp3) is 0.182. The van der Waals surface area contributed by atoms with Gasteiger partial charge < -0.3 is 10.1 Å².